The average molecular weight is 650 g/mol. The van der Waals surface area contributed by atoms with E-state index in [1.807, 2.05) is 60.0 Å². The molecule has 1 aromatic heterocycles. The number of thiazole rings is 1. The lowest BCUT2D eigenvalue weighted by molar-refractivity contribution is -0.143. The van der Waals surface area contributed by atoms with Crippen molar-refractivity contribution >= 4 is 40.8 Å². The number of esters is 2. The van der Waals surface area contributed by atoms with Gasteiger partial charge < -0.3 is 14.2 Å². The predicted molar refractivity (Wildman–Crippen MR) is 176 cm³/mol. The number of hydrogen-bond donors (Lipinski definition) is 0. The Morgan fingerprint density at radius 3 is 2.15 bits per heavy atom. The summed E-state index contributed by atoms with van der Waals surface area (Å²) in [5.74, 6) is -3.75. The van der Waals surface area contributed by atoms with Gasteiger partial charge in [0.15, 0.2) is 0 Å². The van der Waals surface area contributed by atoms with Crippen LogP contribution in [0.25, 0.3) is 21.8 Å². The van der Waals surface area contributed by atoms with Crippen LogP contribution in [0.1, 0.15) is 39.1 Å². The molecule has 0 aliphatic carbocycles. The van der Waals surface area contributed by atoms with Crippen LogP contribution in [0, 0.1) is 5.92 Å². The first kappa shape index (κ1) is 31.7. The monoisotopic (exact) mass is 649 g/mol. The van der Waals surface area contributed by atoms with Crippen LogP contribution in [-0.4, -0.2) is 73.3 Å². The number of aromatic nitrogens is 1. The highest BCUT2D eigenvalue weighted by Gasteiger charge is 2.44. The molecule has 47 heavy (non-hydrogen) atoms. The Labute approximate surface area is 275 Å². The summed E-state index contributed by atoms with van der Waals surface area (Å²) in [5.41, 5.74) is 4.78. The van der Waals surface area contributed by atoms with Crippen LogP contribution in [0.3, 0.4) is 0 Å². The first-order valence-corrected chi connectivity index (χ1v) is 15.8. The summed E-state index contributed by atoms with van der Waals surface area (Å²) in [6.07, 6.45) is 0. The molecule has 10 nitrogen and oxygen atoms in total. The van der Waals surface area contributed by atoms with Crippen molar-refractivity contribution in [2.24, 2.45) is 10.9 Å². The quantitative estimate of drug-likeness (QED) is 0.124. The zero-order valence-corrected chi connectivity index (χ0v) is 26.8. The van der Waals surface area contributed by atoms with Gasteiger partial charge in [-0.3, -0.25) is 24.3 Å². The third kappa shape index (κ3) is 6.02. The van der Waals surface area contributed by atoms with Crippen molar-refractivity contribution in [1.82, 2.24) is 9.88 Å². The van der Waals surface area contributed by atoms with Crippen LogP contribution in [0.5, 0.6) is 0 Å². The van der Waals surface area contributed by atoms with E-state index >= 15 is 0 Å². The smallest absolute Gasteiger partial charge is 0.336 e. The highest BCUT2D eigenvalue weighted by Crippen LogP contribution is 2.44. The molecule has 0 saturated carbocycles. The van der Waals surface area contributed by atoms with Gasteiger partial charge in [0.1, 0.15) is 10.9 Å². The van der Waals surface area contributed by atoms with E-state index in [0.717, 1.165) is 21.7 Å². The Bertz CT molecular complexity index is 1900. The number of nitrogens with zero attached hydrogens (tertiary/aromatic N) is 3. The van der Waals surface area contributed by atoms with E-state index in [0.29, 0.717) is 27.4 Å². The first-order valence-electron chi connectivity index (χ1n) is 14.9. The molecule has 238 valence electrons. The van der Waals surface area contributed by atoms with Gasteiger partial charge in [-0.15, -0.1) is 11.3 Å². The maximum atomic E-state index is 13.5. The molecular formula is C36H31N3O7S. The largest absolute Gasteiger partial charge is 0.468 e. The van der Waals surface area contributed by atoms with Gasteiger partial charge in [-0.2, -0.15) is 0 Å². The number of fused-ring (bicyclic) bond motifs is 1. The van der Waals surface area contributed by atoms with Crippen molar-refractivity contribution in [1.29, 1.82) is 0 Å². The van der Waals surface area contributed by atoms with Gasteiger partial charge in [0.2, 0.25) is 0 Å². The van der Waals surface area contributed by atoms with Crippen LogP contribution >= 0.6 is 11.3 Å². The van der Waals surface area contributed by atoms with Crippen LogP contribution < -0.4 is 0 Å². The van der Waals surface area contributed by atoms with Crippen molar-refractivity contribution in [3.05, 3.63) is 112 Å². The zero-order valence-electron chi connectivity index (χ0n) is 26.0. The molecule has 0 bridgehead atoms. The van der Waals surface area contributed by atoms with E-state index in [4.69, 9.17) is 19.2 Å². The van der Waals surface area contributed by atoms with Crippen LogP contribution in [0.15, 0.2) is 101 Å². The van der Waals surface area contributed by atoms with Crippen molar-refractivity contribution in [3.8, 4) is 21.8 Å². The summed E-state index contributed by atoms with van der Waals surface area (Å²) in [7, 11) is 2.56. The number of rotatable bonds is 10. The Hall–Kier alpha value is -5.26. The van der Waals surface area contributed by atoms with Gasteiger partial charge in [-0.1, -0.05) is 66.7 Å². The Kier molecular flexibility index (Phi) is 9.19. The molecule has 2 aliphatic heterocycles. The lowest BCUT2D eigenvalue weighted by atomic mass is 9.74. The number of carbonyl (C=O) groups is 4. The van der Waals surface area contributed by atoms with Crippen molar-refractivity contribution in [3.63, 3.8) is 0 Å². The number of methoxy groups -OCH3 is 2. The number of ether oxygens (including phenoxy) is 3. The maximum Gasteiger partial charge on any atom is 0.336 e. The molecule has 2 aliphatic rings. The van der Waals surface area contributed by atoms with Gasteiger partial charge in [0, 0.05) is 28.1 Å². The fraction of sp³-hybridized carbons (Fsp3) is 0.222. The average Bonchev–Trinajstić information content (AvgIpc) is 3.69. The Balaban J connectivity index is 1.33. The summed E-state index contributed by atoms with van der Waals surface area (Å²) in [5, 5.41) is 2.68. The summed E-state index contributed by atoms with van der Waals surface area (Å²) in [4.78, 5) is 63.2. The third-order valence-corrected chi connectivity index (χ3v) is 9.13. The van der Waals surface area contributed by atoms with Crippen molar-refractivity contribution in [2.75, 3.05) is 34.0 Å². The summed E-state index contributed by atoms with van der Waals surface area (Å²) in [6.45, 7) is 1.59. The second-order valence-corrected chi connectivity index (χ2v) is 11.8. The second kappa shape index (κ2) is 13.6. The number of aliphatic imine (C=N–C) groups is 1. The van der Waals surface area contributed by atoms with E-state index in [1.54, 1.807) is 31.2 Å². The molecule has 2 unspecified atom stereocenters. The number of amides is 2. The van der Waals surface area contributed by atoms with Crippen LogP contribution in [0.4, 0.5) is 0 Å². The fourth-order valence-electron chi connectivity index (χ4n) is 6.03. The molecule has 0 saturated heterocycles. The SMILES string of the molecule is COC(=O)C1=C(COCCN2C(=O)c3ccccc3C2=O)N=C(C)C(C(=O)OC)C1c1ccccc1-c1nc(-c2ccccc2)cs1. The fourth-order valence-corrected chi connectivity index (χ4v) is 6.91. The molecule has 0 radical (unpaired) electrons. The molecule has 0 spiro atoms. The minimum absolute atomic E-state index is 0.00104. The highest BCUT2D eigenvalue weighted by molar-refractivity contribution is 7.13. The molecule has 3 heterocycles. The highest BCUT2D eigenvalue weighted by atomic mass is 32.1. The van der Waals surface area contributed by atoms with Gasteiger partial charge in [0.25, 0.3) is 11.8 Å². The molecule has 6 rings (SSSR count). The van der Waals surface area contributed by atoms with Crippen LogP contribution in [0.2, 0.25) is 0 Å². The third-order valence-electron chi connectivity index (χ3n) is 8.25. The van der Waals surface area contributed by atoms with Crippen molar-refractivity contribution in [2.45, 2.75) is 12.8 Å². The normalized spacial score (nSPS) is 17.4. The maximum absolute atomic E-state index is 13.5. The van der Waals surface area contributed by atoms with Gasteiger partial charge in [0.05, 0.1) is 62.1 Å². The predicted octanol–water partition coefficient (Wildman–Crippen LogP) is 5.56. The molecule has 0 fully saturated rings. The standard InChI is InChI=1S/C36H31N3O7S/c1-21-29(35(42)44-2)30(23-13-7-8-14-24(23)32-38-28(20-47-32)22-11-5-4-6-12-22)31(36(43)45-3)27(37-21)19-46-18-17-39-33(40)25-15-9-10-16-26(25)34(39)41/h4-16,20,29-30H,17-19H2,1-3H3. The van der Waals surface area contributed by atoms with E-state index in [-0.39, 0.29) is 42.8 Å². The minimum Gasteiger partial charge on any atom is -0.468 e. The van der Waals surface area contributed by atoms with Gasteiger partial charge >= 0.3 is 11.9 Å². The summed E-state index contributed by atoms with van der Waals surface area (Å²) < 4.78 is 16.4. The molecule has 0 N–H and O–H groups in total. The van der Waals surface area contributed by atoms with E-state index in [9.17, 15) is 19.2 Å². The van der Waals surface area contributed by atoms with E-state index in [1.165, 1.54) is 25.6 Å². The Morgan fingerprint density at radius 1 is 0.851 bits per heavy atom. The number of imide groups is 1. The molecule has 4 aromatic rings. The van der Waals surface area contributed by atoms with Crippen molar-refractivity contribution < 1.29 is 33.4 Å². The molecular weight excluding hydrogens is 618 g/mol. The molecule has 2 amide bonds. The minimum atomic E-state index is -0.925. The van der Waals surface area contributed by atoms with Gasteiger partial charge in [-0.05, 0) is 24.6 Å². The second-order valence-electron chi connectivity index (χ2n) is 10.9. The zero-order chi connectivity index (χ0) is 33.1. The first-order chi connectivity index (χ1) is 22.8. The molecule has 3 aromatic carbocycles. The number of hydrogen-bond acceptors (Lipinski definition) is 10. The number of benzene rings is 3. The Morgan fingerprint density at radius 2 is 1.49 bits per heavy atom. The summed E-state index contributed by atoms with van der Waals surface area (Å²) in [6, 6.07) is 24.0. The topological polar surface area (TPSA) is 124 Å². The number of carbonyl (C=O) groups excluding carboxylic acids is 4. The van der Waals surface area contributed by atoms with E-state index < -0.39 is 23.8 Å². The lowest BCUT2D eigenvalue weighted by Gasteiger charge is -2.32. The van der Waals surface area contributed by atoms with E-state index in [2.05, 4.69) is 4.99 Å². The van der Waals surface area contributed by atoms with Gasteiger partial charge in [-0.25, -0.2) is 9.78 Å². The lowest BCUT2D eigenvalue weighted by Crippen LogP contribution is -2.37. The van der Waals surface area contributed by atoms with Crippen LogP contribution in [-0.2, 0) is 23.8 Å². The summed E-state index contributed by atoms with van der Waals surface area (Å²) >= 11 is 1.46. The molecule has 2 atom stereocenters. The molecule has 11 heteroatoms.